The Morgan fingerprint density at radius 1 is 0.667 bits per heavy atom. The van der Waals surface area contributed by atoms with Gasteiger partial charge in [-0.1, -0.05) is 78.4 Å². The smallest absolute Gasteiger partial charge is 0.261 e. The van der Waals surface area contributed by atoms with Gasteiger partial charge in [0, 0.05) is 12.1 Å². The average Bonchev–Trinajstić information content (AvgIpc) is 3.68. The molecule has 2 aromatic rings. The molecule has 0 saturated heterocycles. The quantitative estimate of drug-likeness (QED) is 0.233. The zero-order chi connectivity index (χ0) is 25.7. The summed E-state index contributed by atoms with van der Waals surface area (Å²) in [6.07, 6.45) is 10.5. The SMILES string of the molecule is CCCCCC(CC)N1C(=O)C2=C(c3cccs3)N(C(CC)CCCCC)C(=O)C2=C1c1cccs1. The molecule has 2 aromatic heterocycles. The summed E-state index contributed by atoms with van der Waals surface area (Å²) in [6.45, 7) is 8.75. The van der Waals surface area contributed by atoms with Gasteiger partial charge in [-0.2, -0.15) is 0 Å². The standard InChI is InChI=1S/C30H40N2O2S2/c1-5-9-11-15-21(7-3)31-27(23-17-13-19-35-23)25-26(29(31)33)28(24-18-14-20-36-24)32(30(25)34)22(8-4)16-12-10-6-2/h13-14,17-22H,5-12,15-16H2,1-4H3. The van der Waals surface area contributed by atoms with Crippen molar-refractivity contribution in [3.8, 4) is 0 Å². The van der Waals surface area contributed by atoms with E-state index >= 15 is 0 Å². The zero-order valence-corrected chi connectivity index (χ0v) is 23.9. The second kappa shape index (κ2) is 12.4. The zero-order valence-electron chi connectivity index (χ0n) is 22.2. The lowest BCUT2D eigenvalue weighted by Crippen LogP contribution is -2.39. The summed E-state index contributed by atoms with van der Waals surface area (Å²) < 4.78 is 0. The van der Waals surface area contributed by atoms with Crippen LogP contribution >= 0.6 is 22.7 Å². The summed E-state index contributed by atoms with van der Waals surface area (Å²) in [5.41, 5.74) is 2.96. The summed E-state index contributed by atoms with van der Waals surface area (Å²) in [5.74, 6) is 0.0267. The summed E-state index contributed by atoms with van der Waals surface area (Å²) in [5, 5.41) is 4.09. The molecule has 194 valence electrons. The van der Waals surface area contributed by atoms with E-state index in [9.17, 15) is 9.59 Å². The molecule has 2 atom stereocenters. The van der Waals surface area contributed by atoms with Gasteiger partial charge in [0.1, 0.15) is 0 Å². The molecule has 2 amide bonds. The molecule has 2 unspecified atom stereocenters. The monoisotopic (exact) mass is 524 g/mol. The summed E-state index contributed by atoms with van der Waals surface area (Å²) in [6, 6.07) is 8.37. The van der Waals surface area contributed by atoms with Crippen LogP contribution in [0, 0.1) is 0 Å². The van der Waals surface area contributed by atoms with Crippen LogP contribution in [0.5, 0.6) is 0 Å². The van der Waals surface area contributed by atoms with E-state index in [0.717, 1.165) is 85.4 Å². The predicted molar refractivity (Wildman–Crippen MR) is 153 cm³/mol. The van der Waals surface area contributed by atoms with Crippen molar-refractivity contribution < 1.29 is 9.59 Å². The van der Waals surface area contributed by atoms with Crippen LogP contribution in [0.25, 0.3) is 11.4 Å². The summed E-state index contributed by atoms with van der Waals surface area (Å²) >= 11 is 3.24. The lowest BCUT2D eigenvalue weighted by atomic mass is 10.0. The fourth-order valence-electron chi connectivity index (χ4n) is 5.64. The Morgan fingerprint density at radius 3 is 1.39 bits per heavy atom. The van der Waals surface area contributed by atoms with Gasteiger partial charge in [-0.15, -0.1) is 22.7 Å². The maximum Gasteiger partial charge on any atom is 0.261 e. The number of thiophene rings is 2. The van der Waals surface area contributed by atoms with Crippen LogP contribution < -0.4 is 0 Å². The topological polar surface area (TPSA) is 40.6 Å². The first kappa shape index (κ1) is 26.9. The molecule has 0 radical (unpaired) electrons. The van der Waals surface area contributed by atoms with Gasteiger partial charge in [-0.25, -0.2) is 0 Å². The molecule has 36 heavy (non-hydrogen) atoms. The van der Waals surface area contributed by atoms with E-state index in [4.69, 9.17) is 0 Å². The van der Waals surface area contributed by atoms with Crippen molar-refractivity contribution in [2.75, 3.05) is 0 Å². The van der Waals surface area contributed by atoms with Gasteiger partial charge in [0.25, 0.3) is 11.8 Å². The number of hydrogen-bond donors (Lipinski definition) is 0. The molecule has 0 bridgehead atoms. The van der Waals surface area contributed by atoms with E-state index in [1.54, 1.807) is 22.7 Å². The largest absolute Gasteiger partial charge is 0.303 e. The first-order chi connectivity index (χ1) is 17.6. The molecule has 2 aliphatic rings. The molecule has 0 fully saturated rings. The number of rotatable bonds is 14. The number of hydrogen-bond acceptors (Lipinski definition) is 4. The number of fused-ring (bicyclic) bond motifs is 1. The molecule has 0 aliphatic carbocycles. The molecular formula is C30H40N2O2S2. The van der Waals surface area contributed by atoms with Gasteiger partial charge >= 0.3 is 0 Å². The van der Waals surface area contributed by atoms with Crippen molar-refractivity contribution in [1.29, 1.82) is 0 Å². The van der Waals surface area contributed by atoms with Gasteiger partial charge < -0.3 is 9.80 Å². The molecule has 6 heteroatoms. The van der Waals surface area contributed by atoms with E-state index < -0.39 is 0 Å². The third kappa shape index (κ3) is 4.99. The highest BCUT2D eigenvalue weighted by Gasteiger charge is 2.51. The first-order valence-electron chi connectivity index (χ1n) is 13.8. The van der Waals surface area contributed by atoms with Crippen LogP contribution in [0.3, 0.4) is 0 Å². The van der Waals surface area contributed by atoms with Gasteiger partial charge in [0.2, 0.25) is 0 Å². The van der Waals surface area contributed by atoms with E-state index in [2.05, 4.69) is 39.8 Å². The second-order valence-electron chi connectivity index (χ2n) is 9.87. The average molecular weight is 525 g/mol. The number of amides is 2. The van der Waals surface area contributed by atoms with Gasteiger partial charge in [0.15, 0.2) is 0 Å². The van der Waals surface area contributed by atoms with Crippen molar-refractivity contribution in [1.82, 2.24) is 9.80 Å². The van der Waals surface area contributed by atoms with Crippen LogP contribution in [-0.2, 0) is 9.59 Å². The van der Waals surface area contributed by atoms with E-state index in [1.165, 1.54) is 0 Å². The normalized spacial score (nSPS) is 17.6. The summed E-state index contributed by atoms with van der Waals surface area (Å²) in [7, 11) is 0. The van der Waals surface area contributed by atoms with Crippen molar-refractivity contribution in [3.63, 3.8) is 0 Å². The van der Waals surface area contributed by atoms with Gasteiger partial charge in [0.05, 0.1) is 32.3 Å². The maximum absolute atomic E-state index is 14.4. The highest BCUT2D eigenvalue weighted by molar-refractivity contribution is 7.11. The first-order valence-corrected chi connectivity index (χ1v) is 15.6. The van der Waals surface area contributed by atoms with E-state index in [-0.39, 0.29) is 23.9 Å². The second-order valence-corrected chi connectivity index (χ2v) is 11.8. The molecule has 4 rings (SSSR count). The maximum atomic E-state index is 14.4. The predicted octanol–water partition coefficient (Wildman–Crippen LogP) is 8.33. The van der Waals surface area contributed by atoms with E-state index in [1.807, 2.05) is 32.7 Å². The third-order valence-corrected chi connectivity index (χ3v) is 9.29. The minimum atomic E-state index is 0.0133. The molecule has 0 spiro atoms. The van der Waals surface area contributed by atoms with Crippen LogP contribution in [0.2, 0.25) is 0 Å². The van der Waals surface area contributed by atoms with Crippen molar-refractivity contribution >= 4 is 45.9 Å². The Kier molecular flexibility index (Phi) is 9.24. The van der Waals surface area contributed by atoms with Crippen LogP contribution in [0.4, 0.5) is 0 Å². The Labute approximate surface area is 224 Å². The van der Waals surface area contributed by atoms with Crippen LogP contribution in [0.15, 0.2) is 46.2 Å². The number of nitrogens with zero attached hydrogens (tertiary/aromatic N) is 2. The fraction of sp³-hybridized carbons (Fsp3) is 0.533. The Morgan fingerprint density at radius 2 is 1.08 bits per heavy atom. The van der Waals surface area contributed by atoms with Crippen LogP contribution in [0.1, 0.15) is 102 Å². The van der Waals surface area contributed by atoms with Crippen molar-refractivity contribution in [3.05, 3.63) is 55.9 Å². The van der Waals surface area contributed by atoms with Crippen LogP contribution in [-0.4, -0.2) is 33.7 Å². The van der Waals surface area contributed by atoms with Crippen molar-refractivity contribution in [2.45, 2.75) is 104 Å². The molecule has 0 N–H and O–H groups in total. The van der Waals surface area contributed by atoms with Gasteiger partial charge in [-0.3, -0.25) is 9.59 Å². The molecule has 4 nitrogen and oxygen atoms in total. The minimum Gasteiger partial charge on any atom is -0.303 e. The van der Waals surface area contributed by atoms with Crippen molar-refractivity contribution in [2.24, 2.45) is 0 Å². The molecule has 4 heterocycles. The Balaban J connectivity index is 1.87. The molecule has 0 saturated carbocycles. The Hall–Kier alpha value is -2.18. The van der Waals surface area contributed by atoms with Gasteiger partial charge in [-0.05, 0) is 48.6 Å². The molecule has 2 aliphatic heterocycles. The van der Waals surface area contributed by atoms with E-state index in [0.29, 0.717) is 11.1 Å². The number of carbonyl (C=O) groups is 2. The fourth-order valence-corrected chi connectivity index (χ4v) is 7.18. The summed E-state index contributed by atoms with van der Waals surface area (Å²) in [4.78, 5) is 34.7. The highest BCUT2D eigenvalue weighted by atomic mass is 32.1. The minimum absolute atomic E-state index is 0.0133. The lowest BCUT2D eigenvalue weighted by Gasteiger charge is -2.33. The molecular weight excluding hydrogens is 484 g/mol. The lowest BCUT2D eigenvalue weighted by molar-refractivity contribution is -0.125. The third-order valence-electron chi connectivity index (χ3n) is 7.53. The number of unbranched alkanes of at least 4 members (excludes halogenated alkanes) is 4. The Bertz CT molecular complexity index is 1010. The highest BCUT2D eigenvalue weighted by Crippen LogP contribution is 2.50. The molecule has 0 aromatic carbocycles. The number of carbonyl (C=O) groups excluding carboxylic acids is 2.